The number of nitrogens with one attached hydrogen (secondary N) is 4. The van der Waals surface area contributed by atoms with Crippen molar-refractivity contribution in [2.45, 2.75) is 71.0 Å². The van der Waals surface area contributed by atoms with Crippen LogP contribution in [0.5, 0.6) is 0 Å². The quantitative estimate of drug-likeness (QED) is 0.0496. The van der Waals surface area contributed by atoms with Gasteiger partial charge in [0.15, 0.2) is 0 Å². The van der Waals surface area contributed by atoms with E-state index in [0.717, 1.165) is 162 Å². The predicted octanol–water partition coefficient (Wildman–Crippen LogP) is 5.19. The zero-order valence-electron chi connectivity index (χ0n) is 42.9. The lowest BCUT2D eigenvalue weighted by atomic mass is 8.91. The molecule has 0 aromatic heterocycles. The maximum atomic E-state index is 12.9. The van der Waals surface area contributed by atoms with E-state index in [1.807, 2.05) is 0 Å². The maximum absolute atomic E-state index is 12.9. The van der Waals surface area contributed by atoms with Crippen molar-refractivity contribution >= 4 is 23.9 Å². The van der Waals surface area contributed by atoms with Gasteiger partial charge in [0.1, 0.15) is 0 Å². The van der Waals surface area contributed by atoms with Crippen molar-refractivity contribution in [3.05, 3.63) is 106 Å². The van der Waals surface area contributed by atoms with Gasteiger partial charge < -0.3 is 41.7 Å². The lowest BCUT2D eigenvalue weighted by molar-refractivity contribution is -0.661. The molecule has 0 bridgehead atoms. The van der Waals surface area contributed by atoms with Crippen molar-refractivity contribution in [2.24, 2.45) is 93.7 Å². The van der Waals surface area contributed by atoms with Crippen molar-refractivity contribution < 1.29 is 39.6 Å². The van der Waals surface area contributed by atoms with E-state index in [0.29, 0.717) is 44.2 Å². The monoisotopic (exact) mass is 1010 g/mol. The SMILES string of the molecule is O=C(O)[C@@H](Cc1cccc(CN(CCN(Cc2cccc(C[C@H](C(=O)O)[C@H]3CCNC3)c2)CC23C4C5C6C4C2C6(C[C@H](C(=O)O)[C@H]2CCNC2)C53)Cc2cccc(C[C@H](C(=O)O)[C@H]3CCNC3)c2)c1)[C@H]1CCNC1. The molecule has 4 unspecified atom stereocenters. The average Bonchev–Trinajstić information content (AvgIpc) is 2.67. The minimum absolute atomic E-state index is 0.0994. The molecule has 13 rings (SSSR count). The predicted molar refractivity (Wildman–Crippen MR) is 279 cm³/mol. The van der Waals surface area contributed by atoms with Gasteiger partial charge in [-0.15, -0.1) is 0 Å². The van der Waals surface area contributed by atoms with Gasteiger partial charge in [-0.3, -0.25) is 29.0 Å². The minimum atomic E-state index is -0.742. The fourth-order valence-electron chi connectivity index (χ4n) is 18.3. The van der Waals surface area contributed by atoms with Crippen LogP contribution in [0.15, 0.2) is 72.8 Å². The molecule has 0 amide bonds. The summed E-state index contributed by atoms with van der Waals surface area (Å²) in [5.74, 6) is 0.255. The summed E-state index contributed by atoms with van der Waals surface area (Å²) in [5, 5.41) is 55.2. The van der Waals surface area contributed by atoms with Crippen LogP contribution in [0, 0.1) is 93.7 Å². The first kappa shape index (κ1) is 50.1. The van der Waals surface area contributed by atoms with Gasteiger partial charge in [-0.05, 0) is 207 Å². The third-order valence-electron chi connectivity index (χ3n) is 21.3. The lowest BCUT2D eigenvalue weighted by Gasteiger charge is -3.12. The van der Waals surface area contributed by atoms with Gasteiger partial charge in [0.2, 0.25) is 0 Å². The van der Waals surface area contributed by atoms with E-state index in [9.17, 15) is 39.6 Å². The van der Waals surface area contributed by atoms with Crippen molar-refractivity contribution in [1.82, 2.24) is 31.1 Å². The van der Waals surface area contributed by atoms with Crippen molar-refractivity contribution in [2.75, 3.05) is 72.0 Å². The van der Waals surface area contributed by atoms with Crippen LogP contribution in [-0.4, -0.2) is 126 Å². The highest BCUT2D eigenvalue weighted by molar-refractivity contribution is 5.73. The summed E-state index contributed by atoms with van der Waals surface area (Å²) >= 11 is 0. The highest BCUT2D eigenvalue weighted by Crippen LogP contribution is 3.11. The largest absolute Gasteiger partial charge is 0.481 e. The van der Waals surface area contributed by atoms with Gasteiger partial charge in [-0.1, -0.05) is 72.8 Å². The Bertz CT molecular complexity index is 2480. The van der Waals surface area contributed by atoms with Crippen LogP contribution in [0.25, 0.3) is 0 Å². The van der Waals surface area contributed by atoms with Gasteiger partial charge in [0.05, 0.1) is 23.7 Å². The molecular formula is C60H78N6O8. The van der Waals surface area contributed by atoms with E-state index in [2.05, 4.69) is 104 Å². The number of rotatable bonds is 27. The van der Waals surface area contributed by atoms with Gasteiger partial charge in [-0.2, -0.15) is 0 Å². The van der Waals surface area contributed by atoms with Crippen LogP contribution in [0.2, 0.25) is 0 Å². The molecule has 4 aliphatic heterocycles. The van der Waals surface area contributed by atoms with Gasteiger partial charge in [0, 0.05) is 39.3 Å². The van der Waals surface area contributed by atoms with Gasteiger partial charge in [-0.25, -0.2) is 0 Å². The molecule has 396 valence electrons. The Kier molecular flexibility index (Phi) is 13.8. The molecule has 0 radical (unpaired) electrons. The number of benzene rings is 3. The van der Waals surface area contributed by atoms with E-state index in [1.165, 1.54) is 5.56 Å². The highest BCUT2D eigenvalue weighted by atomic mass is 16.4. The first-order valence-corrected chi connectivity index (χ1v) is 28.3. The minimum Gasteiger partial charge on any atom is -0.481 e. The summed E-state index contributed by atoms with van der Waals surface area (Å²) in [4.78, 5) is 55.9. The topological polar surface area (TPSA) is 204 Å². The van der Waals surface area contributed by atoms with Crippen LogP contribution in [0.1, 0.15) is 65.5 Å². The number of hydrogen-bond acceptors (Lipinski definition) is 10. The summed E-state index contributed by atoms with van der Waals surface area (Å²) < 4.78 is 0. The number of carbonyl (C=O) groups is 4. The molecule has 14 heteroatoms. The molecule has 12 atom stereocenters. The third-order valence-corrected chi connectivity index (χ3v) is 21.3. The molecule has 74 heavy (non-hydrogen) atoms. The molecule has 14 nitrogen and oxygen atoms in total. The number of hydrogen-bond donors (Lipinski definition) is 8. The highest BCUT2D eigenvalue weighted by Gasteiger charge is 3.09. The summed E-state index contributed by atoms with van der Waals surface area (Å²) in [7, 11) is 0. The van der Waals surface area contributed by atoms with Crippen LogP contribution in [0.4, 0.5) is 0 Å². The Morgan fingerprint density at radius 2 is 0.811 bits per heavy atom. The molecule has 10 aliphatic rings. The summed E-state index contributed by atoms with van der Waals surface area (Å²) in [5.41, 5.74) is 7.01. The number of aliphatic carboxylic acids is 4. The molecule has 6 saturated carbocycles. The van der Waals surface area contributed by atoms with Crippen LogP contribution >= 0.6 is 0 Å². The molecule has 3 aromatic carbocycles. The van der Waals surface area contributed by atoms with E-state index in [-0.39, 0.29) is 40.4 Å². The van der Waals surface area contributed by atoms with Crippen LogP contribution < -0.4 is 21.3 Å². The second-order valence-electron chi connectivity index (χ2n) is 24.9. The fraction of sp³-hybridized carbons (Fsp3) is 0.633. The Balaban J connectivity index is 0.819. The summed E-state index contributed by atoms with van der Waals surface area (Å²) in [6.07, 6.45) is 5.85. The van der Waals surface area contributed by atoms with E-state index in [4.69, 9.17) is 0 Å². The van der Waals surface area contributed by atoms with Crippen molar-refractivity contribution in [3.63, 3.8) is 0 Å². The molecule has 3 aromatic rings. The molecule has 10 fully saturated rings. The van der Waals surface area contributed by atoms with Gasteiger partial charge >= 0.3 is 23.9 Å². The second-order valence-corrected chi connectivity index (χ2v) is 24.9. The Hall–Kier alpha value is -4.70. The maximum Gasteiger partial charge on any atom is 0.307 e. The zero-order valence-corrected chi connectivity index (χ0v) is 42.9. The second kappa shape index (κ2) is 20.3. The average molecular weight is 1010 g/mol. The smallest absolute Gasteiger partial charge is 0.307 e. The number of nitrogens with zero attached hydrogens (tertiary/aromatic N) is 2. The third kappa shape index (κ3) is 8.71. The lowest BCUT2D eigenvalue weighted by Crippen LogP contribution is -3.10. The molecular weight excluding hydrogens is 933 g/mol. The normalized spacial score (nSPS) is 34.2. The van der Waals surface area contributed by atoms with E-state index in [1.54, 1.807) is 0 Å². The number of carboxylic acid groups (broad SMARTS) is 4. The van der Waals surface area contributed by atoms with Crippen LogP contribution in [0.3, 0.4) is 0 Å². The molecule has 0 spiro atoms. The van der Waals surface area contributed by atoms with Crippen molar-refractivity contribution in [1.29, 1.82) is 0 Å². The fourth-order valence-corrected chi connectivity index (χ4v) is 18.3. The van der Waals surface area contributed by atoms with E-state index < -0.39 is 41.6 Å². The first-order chi connectivity index (χ1) is 35.9. The van der Waals surface area contributed by atoms with Crippen LogP contribution in [-0.2, 0) is 58.1 Å². The first-order valence-electron chi connectivity index (χ1n) is 28.3. The van der Waals surface area contributed by atoms with Gasteiger partial charge in [0.25, 0.3) is 0 Å². The Labute approximate surface area is 435 Å². The Morgan fingerprint density at radius 1 is 0.473 bits per heavy atom. The Morgan fingerprint density at radius 3 is 1.18 bits per heavy atom. The zero-order chi connectivity index (χ0) is 50.9. The molecule has 8 N–H and O–H groups in total. The van der Waals surface area contributed by atoms with Crippen molar-refractivity contribution in [3.8, 4) is 0 Å². The number of carboxylic acids is 4. The molecule has 4 saturated heterocycles. The molecule has 4 heterocycles. The standard InChI is InChI=1S/C60H78N6O8/c67-55(68)45(41-10-14-61-27-41)23-35-4-1-7-38(20-35)31-65(32-39-8-2-5-36(21-39)24-46(56(69)70)42-11-15-62-28-42)18-19-66(33-40-9-3-6-37(22-40)25-47(57(71)72)43-12-16-63-29-43)34-60-52-49-51-50(52)54(60)59(51,53(49)60)26-48(58(73)74)44-13-17-64-30-44/h1-9,20-22,41-54,61-64H,10-19,23-34H2,(H,67,68)(H,69,70)(H,71,72)(H,73,74)/t41-,42-,43-,44-,45-,46-,47-,48-,49?,50?,51?,52?,53?,54?,59?,60?/m0/s1. The molecule has 6 aliphatic carbocycles. The summed E-state index contributed by atoms with van der Waals surface area (Å²) in [6, 6.07) is 25.6. The summed E-state index contributed by atoms with van der Waals surface area (Å²) in [6.45, 7) is 11.0. The van der Waals surface area contributed by atoms with E-state index >= 15 is 0 Å².